The summed E-state index contributed by atoms with van der Waals surface area (Å²) in [5, 5.41) is 5.46. The lowest BCUT2D eigenvalue weighted by molar-refractivity contribution is -0.121. The molecule has 0 bridgehead atoms. The molecule has 0 atom stereocenters. The highest BCUT2D eigenvalue weighted by molar-refractivity contribution is 5.77. The summed E-state index contributed by atoms with van der Waals surface area (Å²) < 4.78 is 5.12. The molecular formula is C20H31N3O3. The van der Waals surface area contributed by atoms with Gasteiger partial charge in [0.2, 0.25) is 5.91 Å². The summed E-state index contributed by atoms with van der Waals surface area (Å²) in [7, 11) is 0. The molecule has 2 N–H and O–H groups in total. The topological polar surface area (TPSA) is 70.7 Å². The molecule has 0 radical (unpaired) electrons. The quantitative estimate of drug-likeness (QED) is 0.783. The number of carbonyl (C=O) groups excluding carboxylic acids is 2. The number of hydrogen-bond donors (Lipinski definition) is 2. The summed E-state index contributed by atoms with van der Waals surface area (Å²) in [5.74, 6) is -0.0952. The number of alkyl carbamates (subject to hydrolysis) is 1. The van der Waals surface area contributed by atoms with Gasteiger partial charge in [-0.15, -0.1) is 0 Å². The second kappa shape index (κ2) is 9.57. The average molecular weight is 361 g/mol. The van der Waals surface area contributed by atoms with E-state index in [1.807, 2.05) is 0 Å². The van der Waals surface area contributed by atoms with E-state index in [4.69, 9.17) is 4.74 Å². The van der Waals surface area contributed by atoms with Crippen molar-refractivity contribution in [1.29, 1.82) is 0 Å². The zero-order valence-corrected chi connectivity index (χ0v) is 16.1. The molecule has 26 heavy (non-hydrogen) atoms. The number of hydrogen-bond acceptors (Lipinski definition) is 4. The molecule has 2 rings (SSSR count). The van der Waals surface area contributed by atoms with E-state index in [1.165, 1.54) is 31.5 Å². The van der Waals surface area contributed by atoms with Gasteiger partial charge in [0.1, 0.15) is 5.60 Å². The number of ether oxygens (including phenoxy) is 1. The summed E-state index contributed by atoms with van der Waals surface area (Å²) in [6, 6.07) is 8.38. The van der Waals surface area contributed by atoms with Gasteiger partial charge in [-0.25, -0.2) is 4.79 Å². The van der Waals surface area contributed by atoms with Crippen molar-refractivity contribution in [2.45, 2.75) is 58.7 Å². The summed E-state index contributed by atoms with van der Waals surface area (Å²) in [6.45, 7) is 9.54. The first-order valence-electron chi connectivity index (χ1n) is 9.35. The predicted octanol–water partition coefficient (Wildman–Crippen LogP) is 2.81. The lowest BCUT2D eigenvalue weighted by atomic mass is 10.1. The van der Waals surface area contributed by atoms with E-state index in [-0.39, 0.29) is 18.9 Å². The van der Waals surface area contributed by atoms with Gasteiger partial charge in [-0.1, -0.05) is 24.3 Å². The van der Waals surface area contributed by atoms with Crippen LogP contribution in [-0.2, 0) is 22.6 Å². The summed E-state index contributed by atoms with van der Waals surface area (Å²) >= 11 is 0. The van der Waals surface area contributed by atoms with Crippen LogP contribution in [0.15, 0.2) is 24.3 Å². The number of likely N-dealkylation sites (tertiary alicyclic amines) is 1. The van der Waals surface area contributed by atoms with Gasteiger partial charge in [0, 0.05) is 26.1 Å². The number of carbonyl (C=O) groups is 2. The third-order valence-corrected chi connectivity index (χ3v) is 4.14. The van der Waals surface area contributed by atoms with Crippen molar-refractivity contribution < 1.29 is 14.3 Å². The zero-order valence-electron chi connectivity index (χ0n) is 16.1. The van der Waals surface area contributed by atoms with Crippen molar-refractivity contribution in [2.75, 3.05) is 19.6 Å². The summed E-state index contributed by atoms with van der Waals surface area (Å²) in [5.41, 5.74) is 1.85. The van der Waals surface area contributed by atoms with Crippen LogP contribution in [-0.4, -0.2) is 42.1 Å². The van der Waals surface area contributed by atoms with Gasteiger partial charge in [0.05, 0.1) is 0 Å². The molecule has 1 aromatic rings. The molecule has 6 heteroatoms. The van der Waals surface area contributed by atoms with E-state index >= 15 is 0 Å². The Morgan fingerprint density at radius 1 is 1.04 bits per heavy atom. The Labute approximate surface area is 156 Å². The van der Waals surface area contributed by atoms with E-state index in [0.717, 1.165) is 12.1 Å². The smallest absolute Gasteiger partial charge is 0.407 e. The van der Waals surface area contributed by atoms with Crippen LogP contribution in [0.2, 0.25) is 0 Å². The molecule has 1 heterocycles. The molecule has 2 amide bonds. The number of rotatable bonds is 7. The molecule has 6 nitrogen and oxygen atoms in total. The molecule has 1 saturated heterocycles. The number of amides is 2. The molecule has 1 aromatic carbocycles. The number of nitrogens with one attached hydrogen (secondary N) is 2. The third kappa shape index (κ3) is 7.87. The average Bonchev–Trinajstić information content (AvgIpc) is 3.05. The van der Waals surface area contributed by atoms with Gasteiger partial charge in [0.15, 0.2) is 0 Å². The molecule has 0 saturated carbocycles. The minimum Gasteiger partial charge on any atom is -0.444 e. The van der Waals surface area contributed by atoms with Crippen molar-refractivity contribution in [3.8, 4) is 0 Å². The van der Waals surface area contributed by atoms with Crippen LogP contribution in [0.1, 0.15) is 51.2 Å². The SMILES string of the molecule is CC(C)(C)OC(=O)NCCC(=O)NCc1ccc(CN2CCCC2)cc1. The van der Waals surface area contributed by atoms with Crippen LogP contribution in [0.5, 0.6) is 0 Å². The van der Waals surface area contributed by atoms with E-state index in [9.17, 15) is 9.59 Å². The largest absolute Gasteiger partial charge is 0.444 e. The van der Waals surface area contributed by atoms with Crippen LogP contribution >= 0.6 is 0 Å². The van der Waals surface area contributed by atoms with Crippen LogP contribution in [0.4, 0.5) is 4.79 Å². The van der Waals surface area contributed by atoms with E-state index in [0.29, 0.717) is 6.54 Å². The van der Waals surface area contributed by atoms with Gasteiger partial charge in [-0.2, -0.15) is 0 Å². The zero-order chi connectivity index (χ0) is 19.0. The van der Waals surface area contributed by atoms with Crippen molar-refractivity contribution in [2.24, 2.45) is 0 Å². The first-order chi connectivity index (χ1) is 12.3. The van der Waals surface area contributed by atoms with Crippen LogP contribution in [0.25, 0.3) is 0 Å². The van der Waals surface area contributed by atoms with E-state index in [1.54, 1.807) is 20.8 Å². The first kappa shape index (κ1) is 20.2. The molecule has 0 aliphatic carbocycles. The third-order valence-electron chi connectivity index (χ3n) is 4.14. The molecular weight excluding hydrogens is 330 g/mol. The molecule has 144 valence electrons. The Kier molecular flexibility index (Phi) is 7.45. The van der Waals surface area contributed by atoms with Gasteiger partial charge < -0.3 is 15.4 Å². The molecule has 1 fully saturated rings. The molecule has 1 aliphatic rings. The van der Waals surface area contributed by atoms with Crippen molar-refractivity contribution in [3.63, 3.8) is 0 Å². The Bertz CT molecular complexity index is 587. The fourth-order valence-corrected chi connectivity index (χ4v) is 2.84. The number of benzene rings is 1. The maximum absolute atomic E-state index is 11.9. The van der Waals surface area contributed by atoms with Crippen LogP contribution < -0.4 is 10.6 Å². The minimum absolute atomic E-state index is 0.0952. The molecule has 0 spiro atoms. The monoisotopic (exact) mass is 361 g/mol. The maximum atomic E-state index is 11.9. The highest BCUT2D eigenvalue weighted by Gasteiger charge is 2.16. The van der Waals surface area contributed by atoms with E-state index < -0.39 is 11.7 Å². The fourth-order valence-electron chi connectivity index (χ4n) is 2.84. The van der Waals surface area contributed by atoms with Crippen LogP contribution in [0.3, 0.4) is 0 Å². The normalized spacial score (nSPS) is 14.9. The summed E-state index contributed by atoms with van der Waals surface area (Å²) in [6.07, 6.45) is 2.32. The van der Waals surface area contributed by atoms with Crippen molar-refractivity contribution >= 4 is 12.0 Å². The Morgan fingerprint density at radius 2 is 1.65 bits per heavy atom. The predicted molar refractivity (Wildman–Crippen MR) is 102 cm³/mol. The Morgan fingerprint density at radius 3 is 2.27 bits per heavy atom. The summed E-state index contributed by atoms with van der Waals surface area (Å²) in [4.78, 5) is 25.8. The maximum Gasteiger partial charge on any atom is 0.407 e. The lowest BCUT2D eigenvalue weighted by Gasteiger charge is -2.19. The molecule has 1 aliphatic heterocycles. The first-order valence-corrected chi connectivity index (χ1v) is 9.35. The van der Waals surface area contributed by atoms with Gasteiger partial charge in [0.25, 0.3) is 0 Å². The van der Waals surface area contributed by atoms with E-state index in [2.05, 4.69) is 39.8 Å². The highest BCUT2D eigenvalue weighted by Crippen LogP contribution is 2.13. The second-order valence-electron chi connectivity index (χ2n) is 7.76. The fraction of sp³-hybridized carbons (Fsp3) is 0.600. The van der Waals surface area contributed by atoms with Crippen molar-refractivity contribution in [1.82, 2.24) is 15.5 Å². The van der Waals surface area contributed by atoms with Crippen molar-refractivity contribution in [3.05, 3.63) is 35.4 Å². The minimum atomic E-state index is -0.534. The highest BCUT2D eigenvalue weighted by atomic mass is 16.6. The van der Waals surface area contributed by atoms with Gasteiger partial charge in [-0.3, -0.25) is 9.69 Å². The van der Waals surface area contributed by atoms with Gasteiger partial charge >= 0.3 is 6.09 Å². The lowest BCUT2D eigenvalue weighted by Crippen LogP contribution is -2.35. The van der Waals surface area contributed by atoms with Gasteiger partial charge in [-0.05, 0) is 57.8 Å². The number of nitrogens with zero attached hydrogens (tertiary/aromatic N) is 1. The standard InChI is InChI=1S/C20H31N3O3/c1-20(2,3)26-19(25)21-11-10-18(24)22-14-16-6-8-17(9-7-16)15-23-12-4-5-13-23/h6-9H,4-5,10-15H2,1-3H3,(H,21,25)(H,22,24). The van der Waals surface area contributed by atoms with Crippen LogP contribution in [0, 0.1) is 0 Å². The molecule has 0 unspecified atom stereocenters. The second-order valence-corrected chi connectivity index (χ2v) is 7.76. The Hall–Kier alpha value is -2.08. The molecule has 0 aromatic heterocycles. The Balaban J connectivity index is 1.63.